The van der Waals surface area contributed by atoms with Crippen LogP contribution in [0.3, 0.4) is 0 Å². The van der Waals surface area contributed by atoms with Gasteiger partial charge in [-0.3, -0.25) is 0 Å². The van der Waals surface area contributed by atoms with Crippen LogP contribution in [0.4, 0.5) is 17.1 Å². The average molecular weight is 855 g/mol. The van der Waals surface area contributed by atoms with E-state index < -0.39 is 0 Å². The monoisotopic (exact) mass is 854 g/mol. The first-order valence-corrected chi connectivity index (χ1v) is 22.9. The van der Waals surface area contributed by atoms with Gasteiger partial charge in [0.1, 0.15) is 11.2 Å². The number of nitrogens with zero attached hydrogens (tertiary/aromatic N) is 2. The zero-order chi connectivity index (χ0) is 44.3. The minimum atomic E-state index is 0.875. The molecule has 0 fully saturated rings. The fourth-order valence-corrected chi connectivity index (χ4v) is 10.3. The lowest BCUT2D eigenvalue weighted by Gasteiger charge is -2.30. The molecule has 13 rings (SSSR count). The zero-order valence-electron chi connectivity index (χ0n) is 36.6. The molecule has 0 spiro atoms. The Morgan fingerprint density at radius 3 is 1.60 bits per heavy atom. The van der Waals surface area contributed by atoms with Gasteiger partial charge in [-0.25, -0.2) is 0 Å². The van der Waals surface area contributed by atoms with Crippen LogP contribution in [-0.4, -0.2) is 4.57 Å². The Balaban J connectivity index is 1.02. The number of furan rings is 1. The molecule has 0 bridgehead atoms. The molecule has 2 aromatic heterocycles. The van der Waals surface area contributed by atoms with Crippen molar-refractivity contribution < 1.29 is 4.42 Å². The quantitative estimate of drug-likeness (QED) is 0.152. The van der Waals surface area contributed by atoms with Crippen LogP contribution in [0.1, 0.15) is 0 Å². The lowest BCUT2D eigenvalue weighted by atomic mass is 9.91. The standard InChI is InChI=1S/C64H42N2O/c1-3-18-44(19-4-1)49-40-37-47(42-57(49)45-20-5-2-6-21-45)43-34-38-48(39-35-43)65(61-32-15-16-33-62(61)66-59-30-13-9-24-51(59)52-25-10-14-31-60(52)66)58-29-12-11-26-53(58)54-27-17-28-55-56-41-36-46-22-7-8-23-50(46)63(56)67-64(54)55/h1-42H. The third kappa shape index (κ3) is 6.43. The van der Waals surface area contributed by atoms with E-state index in [9.17, 15) is 0 Å². The Kier molecular flexibility index (Phi) is 9.17. The summed E-state index contributed by atoms with van der Waals surface area (Å²) in [6, 6.07) is 91.8. The first kappa shape index (κ1) is 38.5. The Labute approximate surface area is 388 Å². The van der Waals surface area contributed by atoms with Gasteiger partial charge >= 0.3 is 0 Å². The van der Waals surface area contributed by atoms with Gasteiger partial charge in [0.25, 0.3) is 0 Å². The number of benzene rings is 11. The summed E-state index contributed by atoms with van der Waals surface area (Å²) >= 11 is 0. The number of hydrogen-bond acceptors (Lipinski definition) is 2. The molecule has 3 heteroatoms. The maximum Gasteiger partial charge on any atom is 0.143 e. The Morgan fingerprint density at radius 2 is 0.851 bits per heavy atom. The summed E-state index contributed by atoms with van der Waals surface area (Å²) in [7, 11) is 0. The van der Waals surface area contributed by atoms with Crippen molar-refractivity contribution in [2.24, 2.45) is 0 Å². The van der Waals surface area contributed by atoms with Gasteiger partial charge in [-0.1, -0.05) is 200 Å². The highest BCUT2D eigenvalue weighted by Gasteiger charge is 2.24. The van der Waals surface area contributed by atoms with E-state index in [2.05, 4.69) is 264 Å². The van der Waals surface area contributed by atoms with E-state index in [4.69, 9.17) is 4.42 Å². The second kappa shape index (κ2) is 16.0. The van der Waals surface area contributed by atoms with E-state index in [0.717, 1.165) is 88.7 Å². The molecule has 0 atom stereocenters. The molecule has 314 valence electrons. The highest BCUT2D eigenvalue weighted by Crippen LogP contribution is 2.48. The summed E-state index contributed by atoms with van der Waals surface area (Å²) in [5, 5.41) is 6.94. The normalized spacial score (nSPS) is 11.6. The highest BCUT2D eigenvalue weighted by molar-refractivity contribution is 6.18. The molecule has 11 aromatic carbocycles. The zero-order valence-corrected chi connectivity index (χ0v) is 36.6. The van der Waals surface area contributed by atoms with E-state index >= 15 is 0 Å². The van der Waals surface area contributed by atoms with Crippen LogP contribution >= 0.6 is 0 Å². The summed E-state index contributed by atoms with van der Waals surface area (Å²) in [6.07, 6.45) is 0. The molecular weight excluding hydrogens is 813 g/mol. The van der Waals surface area contributed by atoms with E-state index in [-0.39, 0.29) is 0 Å². The molecule has 2 heterocycles. The fraction of sp³-hybridized carbons (Fsp3) is 0. The number of para-hydroxylation sites is 6. The van der Waals surface area contributed by atoms with Crippen molar-refractivity contribution >= 4 is 71.6 Å². The smallest absolute Gasteiger partial charge is 0.143 e. The highest BCUT2D eigenvalue weighted by atomic mass is 16.3. The SMILES string of the molecule is c1ccc(-c2ccc(-c3ccc(N(c4ccccc4-c4cccc5c4oc4c6ccccc6ccc54)c4ccccc4-n4c5ccccc5c5ccccc54)cc3)cc2-c2ccccc2)cc1. The second-order valence-corrected chi connectivity index (χ2v) is 17.2. The van der Waals surface area contributed by atoms with Crippen LogP contribution in [0.25, 0.3) is 105 Å². The van der Waals surface area contributed by atoms with Crippen LogP contribution in [0.5, 0.6) is 0 Å². The van der Waals surface area contributed by atoms with Gasteiger partial charge in [0.05, 0.1) is 28.1 Å². The first-order valence-electron chi connectivity index (χ1n) is 22.9. The van der Waals surface area contributed by atoms with Crippen LogP contribution in [0, 0.1) is 0 Å². The number of aromatic nitrogens is 1. The van der Waals surface area contributed by atoms with Crippen LogP contribution < -0.4 is 4.90 Å². The number of hydrogen-bond donors (Lipinski definition) is 0. The van der Waals surface area contributed by atoms with E-state index in [1.165, 1.54) is 33.0 Å². The number of rotatable bonds is 8. The topological polar surface area (TPSA) is 21.3 Å². The van der Waals surface area contributed by atoms with Crippen molar-refractivity contribution in [1.82, 2.24) is 4.57 Å². The van der Waals surface area contributed by atoms with E-state index in [0.29, 0.717) is 0 Å². The Morgan fingerprint density at radius 1 is 0.299 bits per heavy atom. The fourth-order valence-electron chi connectivity index (χ4n) is 10.3. The molecular formula is C64H42N2O. The maximum absolute atomic E-state index is 7.00. The lowest BCUT2D eigenvalue weighted by molar-refractivity contribution is 0.674. The number of fused-ring (bicyclic) bond motifs is 8. The third-order valence-corrected chi connectivity index (χ3v) is 13.4. The average Bonchev–Trinajstić information content (AvgIpc) is 3.96. The van der Waals surface area contributed by atoms with Crippen molar-refractivity contribution in [2.45, 2.75) is 0 Å². The van der Waals surface area contributed by atoms with Gasteiger partial charge in [-0.05, 0) is 93.4 Å². The second-order valence-electron chi connectivity index (χ2n) is 17.2. The summed E-state index contributed by atoms with van der Waals surface area (Å²) in [5.74, 6) is 0. The Hall–Kier alpha value is -8.92. The third-order valence-electron chi connectivity index (χ3n) is 13.4. The van der Waals surface area contributed by atoms with Crippen molar-refractivity contribution in [2.75, 3.05) is 4.90 Å². The molecule has 0 aliphatic carbocycles. The largest absolute Gasteiger partial charge is 0.455 e. The molecule has 0 saturated carbocycles. The first-order chi connectivity index (χ1) is 33.3. The van der Waals surface area contributed by atoms with E-state index in [1.54, 1.807) is 0 Å². The van der Waals surface area contributed by atoms with Gasteiger partial charge in [-0.15, -0.1) is 0 Å². The van der Waals surface area contributed by atoms with Crippen LogP contribution in [0.2, 0.25) is 0 Å². The van der Waals surface area contributed by atoms with Crippen LogP contribution in [0.15, 0.2) is 259 Å². The summed E-state index contributed by atoms with van der Waals surface area (Å²) in [6.45, 7) is 0. The molecule has 0 aliphatic rings. The van der Waals surface area contributed by atoms with Gasteiger partial charge in [-0.2, -0.15) is 0 Å². The van der Waals surface area contributed by atoms with Gasteiger partial charge in [0.15, 0.2) is 0 Å². The number of anilines is 3. The molecule has 0 N–H and O–H groups in total. The van der Waals surface area contributed by atoms with Crippen LogP contribution in [-0.2, 0) is 0 Å². The van der Waals surface area contributed by atoms with E-state index in [1.807, 2.05) is 0 Å². The minimum absolute atomic E-state index is 0.875. The summed E-state index contributed by atoms with van der Waals surface area (Å²) in [4.78, 5) is 2.43. The molecule has 13 aromatic rings. The molecule has 67 heavy (non-hydrogen) atoms. The Bertz CT molecular complexity index is 3920. The summed E-state index contributed by atoms with van der Waals surface area (Å²) in [5.41, 5.74) is 17.5. The lowest BCUT2D eigenvalue weighted by Crippen LogP contribution is -2.14. The molecule has 0 unspecified atom stereocenters. The van der Waals surface area contributed by atoms with Gasteiger partial charge in [0, 0.05) is 43.7 Å². The van der Waals surface area contributed by atoms with Crippen molar-refractivity contribution in [3.05, 3.63) is 255 Å². The van der Waals surface area contributed by atoms with Gasteiger partial charge in [0.2, 0.25) is 0 Å². The predicted molar refractivity (Wildman–Crippen MR) is 282 cm³/mol. The minimum Gasteiger partial charge on any atom is -0.455 e. The predicted octanol–water partition coefficient (Wildman–Crippen LogP) is 18.0. The molecule has 0 amide bonds. The maximum atomic E-state index is 7.00. The van der Waals surface area contributed by atoms with Crippen molar-refractivity contribution in [3.63, 3.8) is 0 Å². The molecule has 0 radical (unpaired) electrons. The molecule has 0 aliphatic heterocycles. The van der Waals surface area contributed by atoms with Gasteiger partial charge < -0.3 is 13.9 Å². The van der Waals surface area contributed by atoms with Crippen molar-refractivity contribution in [1.29, 1.82) is 0 Å². The summed E-state index contributed by atoms with van der Waals surface area (Å²) < 4.78 is 9.42. The molecule has 3 nitrogen and oxygen atoms in total. The van der Waals surface area contributed by atoms with Crippen molar-refractivity contribution in [3.8, 4) is 50.2 Å². The molecule has 0 saturated heterocycles.